The summed E-state index contributed by atoms with van der Waals surface area (Å²) in [7, 11) is 0. The van der Waals surface area contributed by atoms with Crippen molar-refractivity contribution >= 4 is 11.6 Å². The lowest BCUT2D eigenvalue weighted by Gasteiger charge is -2.06. The van der Waals surface area contributed by atoms with Crippen molar-refractivity contribution in [3.05, 3.63) is 58.5 Å². The van der Waals surface area contributed by atoms with Gasteiger partial charge in [-0.3, -0.25) is 9.59 Å². The molecule has 5 nitrogen and oxygen atoms in total. The van der Waals surface area contributed by atoms with E-state index in [1.165, 1.54) is 12.1 Å². The minimum Gasteiger partial charge on any atom is -0.494 e. The first-order chi connectivity index (χ1) is 9.19. The van der Waals surface area contributed by atoms with Crippen molar-refractivity contribution in [2.45, 2.75) is 6.92 Å². The van der Waals surface area contributed by atoms with Crippen LogP contribution < -0.4 is 15.6 Å². The summed E-state index contributed by atoms with van der Waals surface area (Å²) < 4.78 is 5.31. The highest BCUT2D eigenvalue weighted by Gasteiger charge is 2.06. The van der Waals surface area contributed by atoms with Crippen LogP contribution in [-0.2, 0) is 0 Å². The lowest BCUT2D eigenvalue weighted by molar-refractivity contribution is 0.102. The van der Waals surface area contributed by atoms with Crippen molar-refractivity contribution in [1.82, 2.24) is 4.98 Å². The van der Waals surface area contributed by atoms with E-state index in [0.717, 1.165) is 5.75 Å². The molecule has 2 aromatic rings. The molecular formula is C14H14N2O3. The lowest BCUT2D eigenvalue weighted by Crippen LogP contribution is -2.17. The first-order valence-electron chi connectivity index (χ1n) is 5.92. The maximum Gasteiger partial charge on any atom is 0.272 e. The number of rotatable bonds is 4. The van der Waals surface area contributed by atoms with Gasteiger partial charge in [-0.05, 0) is 37.3 Å². The quantitative estimate of drug-likeness (QED) is 0.881. The van der Waals surface area contributed by atoms with E-state index in [1.807, 2.05) is 6.92 Å². The van der Waals surface area contributed by atoms with Crippen LogP contribution >= 0.6 is 0 Å². The Balaban J connectivity index is 2.08. The van der Waals surface area contributed by atoms with E-state index in [-0.39, 0.29) is 17.2 Å². The second-order valence-corrected chi connectivity index (χ2v) is 3.84. The minimum atomic E-state index is -0.359. The first kappa shape index (κ1) is 12.9. The molecule has 0 saturated carbocycles. The third kappa shape index (κ3) is 3.45. The van der Waals surface area contributed by atoms with E-state index >= 15 is 0 Å². The summed E-state index contributed by atoms with van der Waals surface area (Å²) in [6.45, 7) is 2.50. The molecule has 1 heterocycles. The summed E-state index contributed by atoms with van der Waals surface area (Å²) in [4.78, 5) is 25.4. The van der Waals surface area contributed by atoms with Crippen LogP contribution in [0.25, 0.3) is 0 Å². The molecule has 0 unspecified atom stereocenters. The molecule has 2 N–H and O–H groups in total. The molecule has 98 valence electrons. The van der Waals surface area contributed by atoms with Crippen molar-refractivity contribution < 1.29 is 9.53 Å². The Morgan fingerprint density at radius 1 is 1.21 bits per heavy atom. The number of hydrogen-bond acceptors (Lipinski definition) is 3. The van der Waals surface area contributed by atoms with Gasteiger partial charge in [-0.15, -0.1) is 0 Å². The predicted molar refractivity (Wildman–Crippen MR) is 72.6 cm³/mol. The molecule has 0 spiro atoms. The number of ether oxygens (including phenoxy) is 1. The average molecular weight is 258 g/mol. The SMILES string of the molecule is CCOc1ccc(NC(=O)c2cccc(=O)[nH]2)cc1. The highest BCUT2D eigenvalue weighted by atomic mass is 16.5. The van der Waals surface area contributed by atoms with E-state index in [9.17, 15) is 9.59 Å². The standard InChI is InChI=1S/C14H14N2O3/c1-2-19-11-8-6-10(7-9-11)15-14(18)12-4-3-5-13(17)16-12/h3-9H,2H2,1H3,(H,15,18)(H,16,17). The molecule has 0 aliphatic carbocycles. The van der Waals surface area contributed by atoms with Crippen LogP contribution in [-0.4, -0.2) is 17.5 Å². The van der Waals surface area contributed by atoms with Gasteiger partial charge in [0.2, 0.25) is 5.56 Å². The summed E-state index contributed by atoms with van der Waals surface area (Å²) in [5, 5.41) is 2.69. The van der Waals surface area contributed by atoms with Gasteiger partial charge in [0, 0.05) is 11.8 Å². The van der Waals surface area contributed by atoms with Crippen molar-refractivity contribution in [3.63, 3.8) is 0 Å². The Bertz CT molecular complexity index is 617. The minimum absolute atomic E-state index is 0.224. The molecule has 1 aromatic carbocycles. The van der Waals surface area contributed by atoms with Gasteiger partial charge in [0.15, 0.2) is 0 Å². The van der Waals surface area contributed by atoms with Gasteiger partial charge in [-0.25, -0.2) is 0 Å². The van der Waals surface area contributed by atoms with Gasteiger partial charge >= 0.3 is 0 Å². The topological polar surface area (TPSA) is 71.2 Å². The largest absolute Gasteiger partial charge is 0.494 e. The normalized spacial score (nSPS) is 9.95. The maximum absolute atomic E-state index is 11.9. The van der Waals surface area contributed by atoms with Gasteiger partial charge in [-0.1, -0.05) is 6.07 Å². The third-order valence-corrected chi connectivity index (χ3v) is 2.44. The number of aromatic nitrogens is 1. The molecule has 0 aliphatic rings. The zero-order valence-corrected chi connectivity index (χ0v) is 10.5. The number of carbonyl (C=O) groups is 1. The second kappa shape index (κ2) is 5.86. The van der Waals surface area contributed by atoms with Crippen molar-refractivity contribution in [3.8, 4) is 5.75 Å². The van der Waals surface area contributed by atoms with E-state index in [0.29, 0.717) is 12.3 Å². The molecule has 5 heteroatoms. The number of aromatic amines is 1. The Morgan fingerprint density at radius 3 is 2.58 bits per heavy atom. The molecule has 19 heavy (non-hydrogen) atoms. The monoisotopic (exact) mass is 258 g/mol. The smallest absolute Gasteiger partial charge is 0.272 e. The first-order valence-corrected chi connectivity index (χ1v) is 5.92. The zero-order chi connectivity index (χ0) is 13.7. The number of H-pyrrole nitrogens is 1. The number of benzene rings is 1. The Kier molecular flexibility index (Phi) is 3.97. The summed E-state index contributed by atoms with van der Waals surface area (Å²) in [5.74, 6) is 0.385. The second-order valence-electron chi connectivity index (χ2n) is 3.84. The fraction of sp³-hybridized carbons (Fsp3) is 0.143. The maximum atomic E-state index is 11.9. The highest BCUT2D eigenvalue weighted by Crippen LogP contribution is 2.15. The summed E-state index contributed by atoms with van der Waals surface area (Å²) in [5.41, 5.74) is 0.555. The van der Waals surface area contributed by atoms with Gasteiger partial charge in [0.05, 0.1) is 6.61 Å². The molecule has 1 amide bonds. The zero-order valence-electron chi connectivity index (χ0n) is 10.5. The molecule has 2 rings (SSSR count). The molecule has 0 saturated heterocycles. The fourth-order valence-corrected chi connectivity index (χ4v) is 1.58. The Morgan fingerprint density at radius 2 is 1.95 bits per heavy atom. The van der Waals surface area contributed by atoms with Gasteiger partial charge in [0.1, 0.15) is 11.4 Å². The fourth-order valence-electron chi connectivity index (χ4n) is 1.58. The highest BCUT2D eigenvalue weighted by molar-refractivity contribution is 6.02. The van der Waals surface area contributed by atoms with Gasteiger partial charge in [-0.2, -0.15) is 0 Å². The Hall–Kier alpha value is -2.56. The van der Waals surface area contributed by atoms with Gasteiger partial charge < -0.3 is 15.0 Å². The average Bonchev–Trinajstić information content (AvgIpc) is 2.41. The van der Waals surface area contributed by atoms with Crippen molar-refractivity contribution in [1.29, 1.82) is 0 Å². The third-order valence-electron chi connectivity index (χ3n) is 2.44. The van der Waals surface area contributed by atoms with E-state index in [1.54, 1.807) is 30.3 Å². The number of anilines is 1. The predicted octanol–water partition coefficient (Wildman–Crippen LogP) is 2.03. The molecule has 0 bridgehead atoms. The summed E-state index contributed by atoms with van der Waals surface area (Å²) in [6, 6.07) is 11.5. The summed E-state index contributed by atoms with van der Waals surface area (Å²) in [6.07, 6.45) is 0. The molecule has 0 fully saturated rings. The number of amides is 1. The van der Waals surface area contributed by atoms with Crippen LogP contribution in [0.1, 0.15) is 17.4 Å². The number of nitrogens with one attached hydrogen (secondary N) is 2. The van der Waals surface area contributed by atoms with Crippen LogP contribution in [0.4, 0.5) is 5.69 Å². The Labute approximate surface area is 110 Å². The molecular weight excluding hydrogens is 244 g/mol. The van der Waals surface area contributed by atoms with Crippen LogP contribution in [0.3, 0.4) is 0 Å². The molecule has 0 aliphatic heterocycles. The molecule has 0 atom stereocenters. The van der Waals surface area contributed by atoms with Crippen LogP contribution in [0.5, 0.6) is 5.75 Å². The van der Waals surface area contributed by atoms with Crippen molar-refractivity contribution in [2.24, 2.45) is 0 Å². The lowest BCUT2D eigenvalue weighted by atomic mass is 10.3. The van der Waals surface area contributed by atoms with Crippen molar-refractivity contribution in [2.75, 3.05) is 11.9 Å². The number of pyridine rings is 1. The number of hydrogen-bond donors (Lipinski definition) is 2. The van der Waals surface area contributed by atoms with Crippen LogP contribution in [0.15, 0.2) is 47.3 Å². The number of carbonyl (C=O) groups excluding carboxylic acids is 1. The summed E-state index contributed by atoms with van der Waals surface area (Å²) >= 11 is 0. The van der Waals surface area contributed by atoms with E-state index in [2.05, 4.69) is 10.3 Å². The molecule has 0 radical (unpaired) electrons. The van der Waals surface area contributed by atoms with E-state index in [4.69, 9.17) is 4.74 Å². The van der Waals surface area contributed by atoms with Crippen LogP contribution in [0, 0.1) is 0 Å². The van der Waals surface area contributed by atoms with Crippen LogP contribution in [0.2, 0.25) is 0 Å². The molecule has 1 aromatic heterocycles. The van der Waals surface area contributed by atoms with E-state index < -0.39 is 0 Å². The van der Waals surface area contributed by atoms with Gasteiger partial charge in [0.25, 0.3) is 5.91 Å².